The summed E-state index contributed by atoms with van der Waals surface area (Å²) in [6.07, 6.45) is 5.25. The summed E-state index contributed by atoms with van der Waals surface area (Å²) >= 11 is 0. The number of amides is 3. The molecule has 0 spiro atoms. The number of urea groups is 1. The van der Waals surface area contributed by atoms with Gasteiger partial charge in [0.05, 0.1) is 6.33 Å². The lowest BCUT2D eigenvalue weighted by Crippen LogP contribution is -2.38. The van der Waals surface area contributed by atoms with E-state index in [4.69, 9.17) is 0 Å². The number of benzene rings is 2. The highest BCUT2D eigenvalue weighted by Crippen LogP contribution is 2.24. The summed E-state index contributed by atoms with van der Waals surface area (Å²) in [6, 6.07) is 14.0. The summed E-state index contributed by atoms with van der Waals surface area (Å²) in [5, 5.41) is 8.63. The van der Waals surface area contributed by atoms with Crippen molar-refractivity contribution in [1.82, 2.24) is 14.9 Å². The van der Waals surface area contributed by atoms with Gasteiger partial charge in [0, 0.05) is 41.9 Å². The van der Waals surface area contributed by atoms with E-state index in [1.54, 1.807) is 42.9 Å². The molecule has 144 valence electrons. The quantitative estimate of drug-likeness (QED) is 0.613. The first-order valence-electron chi connectivity index (χ1n) is 9.02. The average Bonchev–Trinajstić information content (AvgIpc) is 3.18. The monoisotopic (exact) mass is 377 g/mol. The van der Waals surface area contributed by atoms with Gasteiger partial charge in [0.2, 0.25) is 0 Å². The van der Waals surface area contributed by atoms with E-state index in [1.165, 1.54) is 0 Å². The molecule has 7 heteroatoms. The Balaban J connectivity index is 1.62. The second kappa shape index (κ2) is 8.85. The fraction of sp³-hybridized carbons (Fsp3) is 0.190. The Morgan fingerprint density at radius 1 is 1.04 bits per heavy atom. The van der Waals surface area contributed by atoms with Crippen LogP contribution < -0.4 is 16.0 Å². The van der Waals surface area contributed by atoms with Gasteiger partial charge in [-0.05, 0) is 43.7 Å². The first kappa shape index (κ1) is 19.2. The SMILES string of the molecule is Cc1c(NC(=O)NC(C)Cn2ccnc2)cccc1NC(=O)c1ccccc1. The standard InChI is InChI=1S/C21H23N5O2/c1-15(13-26-12-11-22-14-26)23-21(28)25-19-10-6-9-18(16(19)2)24-20(27)17-7-4-3-5-8-17/h3-12,14-15H,13H2,1-2H3,(H,24,27)(H2,23,25,28). The predicted molar refractivity (Wildman–Crippen MR) is 109 cm³/mol. The number of carbonyl (C=O) groups excluding carboxylic acids is 2. The molecule has 1 heterocycles. The zero-order valence-electron chi connectivity index (χ0n) is 15.8. The van der Waals surface area contributed by atoms with Crippen molar-refractivity contribution >= 4 is 23.3 Å². The first-order chi connectivity index (χ1) is 13.5. The van der Waals surface area contributed by atoms with Gasteiger partial charge in [-0.25, -0.2) is 9.78 Å². The fourth-order valence-electron chi connectivity index (χ4n) is 2.83. The summed E-state index contributed by atoms with van der Waals surface area (Å²) < 4.78 is 1.90. The Morgan fingerprint density at radius 3 is 2.43 bits per heavy atom. The topological polar surface area (TPSA) is 88.1 Å². The third-order valence-electron chi connectivity index (χ3n) is 4.29. The van der Waals surface area contributed by atoms with E-state index < -0.39 is 0 Å². The molecule has 3 N–H and O–H groups in total. The number of hydrogen-bond acceptors (Lipinski definition) is 3. The van der Waals surface area contributed by atoms with Crippen molar-refractivity contribution in [2.45, 2.75) is 26.4 Å². The zero-order valence-corrected chi connectivity index (χ0v) is 15.8. The summed E-state index contributed by atoms with van der Waals surface area (Å²) in [5.41, 5.74) is 2.65. The third kappa shape index (κ3) is 4.97. The van der Waals surface area contributed by atoms with Gasteiger partial charge in [0.15, 0.2) is 0 Å². The van der Waals surface area contributed by atoms with Crippen LogP contribution in [0.4, 0.5) is 16.2 Å². The lowest BCUT2D eigenvalue weighted by molar-refractivity contribution is 0.102. The van der Waals surface area contributed by atoms with Crippen molar-refractivity contribution in [2.75, 3.05) is 10.6 Å². The van der Waals surface area contributed by atoms with Crippen LogP contribution in [0.3, 0.4) is 0 Å². The minimum absolute atomic E-state index is 0.0736. The Labute approximate surface area is 163 Å². The minimum Gasteiger partial charge on any atom is -0.335 e. The molecule has 0 fully saturated rings. The second-order valence-corrected chi connectivity index (χ2v) is 6.56. The van der Waals surface area contributed by atoms with Gasteiger partial charge in [-0.15, -0.1) is 0 Å². The number of hydrogen-bond donors (Lipinski definition) is 3. The maximum Gasteiger partial charge on any atom is 0.319 e. The van der Waals surface area contributed by atoms with Gasteiger partial charge in [0.25, 0.3) is 5.91 Å². The van der Waals surface area contributed by atoms with Crippen LogP contribution in [0.5, 0.6) is 0 Å². The molecule has 28 heavy (non-hydrogen) atoms. The summed E-state index contributed by atoms with van der Waals surface area (Å²) in [6.45, 7) is 4.40. The summed E-state index contributed by atoms with van der Waals surface area (Å²) in [7, 11) is 0. The highest BCUT2D eigenvalue weighted by Gasteiger charge is 2.12. The molecule has 3 aromatic rings. The minimum atomic E-state index is -0.303. The number of nitrogens with one attached hydrogen (secondary N) is 3. The number of anilines is 2. The lowest BCUT2D eigenvalue weighted by Gasteiger charge is -2.17. The van der Waals surface area contributed by atoms with Gasteiger partial charge in [-0.1, -0.05) is 24.3 Å². The predicted octanol–water partition coefficient (Wildman–Crippen LogP) is 3.65. The normalized spacial score (nSPS) is 11.5. The number of imidazole rings is 1. The molecule has 3 amide bonds. The Hall–Kier alpha value is -3.61. The van der Waals surface area contributed by atoms with Gasteiger partial charge in [-0.3, -0.25) is 4.79 Å². The molecule has 1 aromatic heterocycles. The van der Waals surface area contributed by atoms with Crippen LogP contribution in [0.15, 0.2) is 67.3 Å². The molecule has 3 rings (SSSR count). The van der Waals surface area contributed by atoms with E-state index in [9.17, 15) is 9.59 Å². The number of rotatable bonds is 6. The fourth-order valence-corrected chi connectivity index (χ4v) is 2.83. The van der Waals surface area contributed by atoms with Gasteiger partial charge in [0.1, 0.15) is 0 Å². The zero-order chi connectivity index (χ0) is 19.9. The number of nitrogens with zero attached hydrogens (tertiary/aromatic N) is 2. The van der Waals surface area contributed by atoms with Crippen molar-refractivity contribution in [1.29, 1.82) is 0 Å². The molecule has 1 unspecified atom stereocenters. The van der Waals surface area contributed by atoms with E-state index in [1.807, 2.05) is 42.8 Å². The second-order valence-electron chi connectivity index (χ2n) is 6.56. The van der Waals surface area contributed by atoms with Crippen molar-refractivity contribution in [3.63, 3.8) is 0 Å². The molecule has 0 bridgehead atoms. The Bertz CT molecular complexity index is 939. The van der Waals surface area contributed by atoms with Crippen molar-refractivity contribution < 1.29 is 9.59 Å². The smallest absolute Gasteiger partial charge is 0.319 e. The van der Waals surface area contributed by atoms with Crippen molar-refractivity contribution in [3.8, 4) is 0 Å². The summed E-state index contributed by atoms with van der Waals surface area (Å²) in [4.78, 5) is 28.7. The van der Waals surface area contributed by atoms with E-state index in [-0.39, 0.29) is 18.0 Å². The average molecular weight is 377 g/mol. The molecular formula is C21H23N5O2. The molecule has 0 saturated carbocycles. The highest BCUT2D eigenvalue weighted by atomic mass is 16.2. The number of carbonyl (C=O) groups is 2. The number of aromatic nitrogens is 2. The van der Waals surface area contributed by atoms with Crippen molar-refractivity contribution in [2.24, 2.45) is 0 Å². The van der Waals surface area contributed by atoms with Crippen LogP contribution in [0.25, 0.3) is 0 Å². The molecule has 1 atom stereocenters. The van der Waals surface area contributed by atoms with Crippen LogP contribution in [-0.4, -0.2) is 27.5 Å². The van der Waals surface area contributed by atoms with Gasteiger partial charge >= 0.3 is 6.03 Å². The molecule has 7 nitrogen and oxygen atoms in total. The van der Waals surface area contributed by atoms with Crippen LogP contribution in [0, 0.1) is 6.92 Å². The molecule has 0 aliphatic heterocycles. The summed E-state index contributed by atoms with van der Waals surface area (Å²) in [5.74, 6) is -0.195. The van der Waals surface area contributed by atoms with Gasteiger partial charge in [-0.2, -0.15) is 0 Å². The first-order valence-corrected chi connectivity index (χ1v) is 9.02. The third-order valence-corrected chi connectivity index (χ3v) is 4.29. The maximum absolute atomic E-state index is 12.4. The molecule has 0 saturated heterocycles. The van der Waals surface area contributed by atoms with Crippen LogP contribution in [-0.2, 0) is 6.54 Å². The van der Waals surface area contributed by atoms with Crippen LogP contribution in [0.1, 0.15) is 22.8 Å². The van der Waals surface area contributed by atoms with Crippen molar-refractivity contribution in [3.05, 3.63) is 78.4 Å². The Morgan fingerprint density at radius 2 is 1.75 bits per heavy atom. The van der Waals surface area contributed by atoms with E-state index >= 15 is 0 Å². The van der Waals surface area contributed by atoms with Crippen LogP contribution >= 0.6 is 0 Å². The molecule has 0 aliphatic rings. The molecule has 0 aliphatic carbocycles. The van der Waals surface area contributed by atoms with E-state index in [0.717, 1.165) is 5.56 Å². The molecule has 0 radical (unpaired) electrons. The van der Waals surface area contributed by atoms with E-state index in [2.05, 4.69) is 20.9 Å². The maximum atomic E-state index is 12.4. The highest BCUT2D eigenvalue weighted by molar-refractivity contribution is 6.05. The van der Waals surface area contributed by atoms with Gasteiger partial charge < -0.3 is 20.5 Å². The van der Waals surface area contributed by atoms with E-state index in [0.29, 0.717) is 23.5 Å². The molecular weight excluding hydrogens is 354 g/mol. The largest absolute Gasteiger partial charge is 0.335 e. The molecule has 2 aromatic carbocycles. The Kier molecular flexibility index (Phi) is 6.06. The van der Waals surface area contributed by atoms with Crippen LogP contribution in [0.2, 0.25) is 0 Å². The lowest BCUT2D eigenvalue weighted by atomic mass is 10.1.